The van der Waals surface area contributed by atoms with Crippen molar-refractivity contribution in [2.24, 2.45) is 4.99 Å². The Kier molecular flexibility index (Phi) is 8.31. The van der Waals surface area contributed by atoms with Gasteiger partial charge in [-0.25, -0.2) is 4.98 Å². The van der Waals surface area contributed by atoms with Gasteiger partial charge in [-0.1, -0.05) is 36.4 Å². The van der Waals surface area contributed by atoms with E-state index in [2.05, 4.69) is 68.1 Å². The molecule has 1 aliphatic rings. The van der Waals surface area contributed by atoms with Crippen LogP contribution in [0.2, 0.25) is 0 Å². The Morgan fingerprint density at radius 3 is 2.66 bits per heavy atom. The van der Waals surface area contributed by atoms with Crippen LogP contribution in [0.5, 0.6) is 0 Å². The van der Waals surface area contributed by atoms with E-state index in [-0.39, 0.29) is 0 Å². The van der Waals surface area contributed by atoms with Crippen molar-refractivity contribution in [3.05, 3.63) is 60.3 Å². The molecule has 6 nitrogen and oxygen atoms in total. The fraction of sp³-hybridized carbons (Fsp3) is 0.478. The second-order valence-corrected chi connectivity index (χ2v) is 7.69. The van der Waals surface area contributed by atoms with E-state index in [9.17, 15) is 0 Å². The molecule has 1 saturated heterocycles. The third kappa shape index (κ3) is 7.06. The van der Waals surface area contributed by atoms with Crippen LogP contribution in [0.25, 0.3) is 0 Å². The Balaban J connectivity index is 1.32. The van der Waals surface area contributed by atoms with E-state index in [4.69, 9.17) is 0 Å². The number of nitrogens with zero attached hydrogens (tertiary/aromatic N) is 3. The minimum atomic E-state index is 0.436. The minimum Gasteiger partial charge on any atom is -0.370 e. The molecule has 3 N–H and O–H groups in total. The summed E-state index contributed by atoms with van der Waals surface area (Å²) in [6.45, 7) is 6.22. The van der Waals surface area contributed by atoms with E-state index >= 15 is 0 Å². The zero-order valence-corrected chi connectivity index (χ0v) is 17.6. The van der Waals surface area contributed by atoms with E-state index in [1.807, 2.05) is 31.4 Å². The molecule has 2 aromatic rings. The molecule has 1 fully saturated rings. The van der Waals surface area contributed by atoms with Crippen LogP contribution >= 0.6 is 0 Å². The van der Waals surface area contributed by atoms with Gasteiger partial charge in [0.2, 0.25) is 0 Å². The fourth-order valence-electron chi connectivity index (χ4n) is 3.77. The molecule has 1 aromatic carbocycles. The lowest BCUT2D eigenvalue weighted by Crippen LogP contribution is -2.44. The number of pyridine rings is 1. The maximum atomic E-state index is 4.40. The fourth-order valence-corrected chi connectivity index (χ4v) is 3.77. The molecule has 156 valence electrons. The number of hydrogen-bond acceptors (Lipinski definition) is 4. The summed E-state index contributed by atoms with van der Waals surface area (Å²) < 4.78 is 0. The predicted molar refractivity (Wildman–Crippen MR) is 121 cm³/mol. The van der Waals surface area contributed by atoms with Gasteiger partial charge in [-0.05, 0) is 43.9 Å². The molecule has 29 heavy (non-hydrogen) atoms. The Morgan fingerprint density at radius 1 is 1.10 bits per heavy atom. The van der Waals surface area contributed by atoms with E-state index in [1.54, 1.807) is 0 Å². The lowest BCUT2D eigenvalue weighted by molar-refractivity contribution is 0.258. The lowest BCUT2D eigenvalue weighted by Gasteiger charge is -2.21. The average molecular weight is 395 g/mol. The van der Waals surface area contributed by atoms with Crippen LogP contribution < -0.4 is 16.0 Å². The van der Waals surface area contributed by atoms with Gasteiger partial charge in [0, 0.05) is 51.5 Å². The topological polar surface area (TPSA) is 64.6 Å². The van der Waals surface area contributed by atoms with Gasteiger partial charge in [-0.3, -0.25) is 9.89 Å². The van der Waals surface area contributed by atoms with Gasteiger partial charge in [-0.2, -0.15) is 0 Å². The van der Waals surface area contributed by atoms with Crippen molar-refractivity contribution in [2.75, 3.05) is 32.0 Å². The quantitative estimate of drug-likeness (QED) is 0.347. The summed E-state index contributed by atoms with van der Waals surface area (Å²) in [5.41, 5.74) is 1.38. The monoisotopic (exact) mass is 394 g/mol. The maximum absolute atomic E-state index is 4.40. The predicted octanol–water partition coefficient (Wildman–Crippen LogP) is 3.10. The average Bonchev–Trinajstić information content (AvgIpc) is 3.09. The van der Waals surface area contributed by atoms with Crippen LogP contribution in [0.1, 0.15) is 31.7 Å². The first-order valence-corrected chi connectivity index (χ1v) is 10.6. The number of benzene rings is 1. The zero-order valence-electron chi connectivity index (χ0n) is 17.6. The molecule has 0 amide bonds. The number of hydrogen-bond donors (Lipinski definition) is 3. The van der Waals surface area contributed by atoms with E-state index in [0.29, 0.717) is 12.1 Å². The van der Waals surface area contributed by atoms with Crippen LogP contribution in [0.3, 0.4) is 0 Å². The van der Waals surface area contributed by atoms with Crippen molar-refractivity contribution < 1.29 is 0 Å². The van der Waals surface area contributed by atoms with Crippen LogP contribution in [0.15, 0.2) is 59.7 Å². The number of likely N-dealkylation sites (tertiary alicyclic amines) is 1. The largest absolute Gasteiger partial charge is 0.370 e. The van der Waals surface area contributed by atoms with Gasteiger partial charge >= 0.3 is 0 Å². The summed E-state index contributed by atoms with van der Waals surface area (Å²) in [5.74, 6) is 1.84. The molecule has 1 aromatic heterocycles. The van der Waals surface area contributed by atoms with Gasteiger partial charge < -0.3 is 16.0 Å². The molecule has 0 radical (unpaired) electrons. The van der Waals surface area contributed by atoms with Crippen LogP contribution in [-0.2, 0) is 6.54 Å². The van der Waals surface area contributed by atoms with Crippen LogP contribution in [-0.4, -0.2) is 54.6 Å². The molecule has 0 saturated carbocycles. The van der Waals surface area contributed by atoms with Crippen molar-refractivity contribution in [2.45, 2.75) is 44.8 Å². The summed E-state index contributed by atoms with van der Waals surface area (Å²) in [6.07, 6.45) is 5.12. The third-order valence-electron chi connectivity index (χ3n) is 5.36. The second-order valence-electron chi connectivity index (χ2n) is 7.69. The van der Waals surface area contributed by atoms with Crippen molar-refractivity contribution in [1.29, 1.82) is 0 Å². The molecule has 2 unspecified atom stereocenters. The molecular formula is C23H34N6. The summed E-state index contributed by atoms with van der Waals surface area (Å²) in [5, 5.41) is 10.4. The van der Waals surface area contributed by atoms with E-state index in [1.165, 1.54) is 5.56 Å². The van der Waals surface area contributed by atoms with E-state index < -0.39 is 0 Å². The molecule has 2 atom stereocenters. The molecular weight excluding hydrogens is 360 g/mol. The molecule has 6 heteroatoms. The van der Waals surface area contributed by atoms with Gasteiger partial charge in [0.25, 0.3) is 0 Å². The number of nitrogens with one attached hydrogen (secondary N) is 3. The Morgan fingerprint density at radius 2 is 1.90 bits per heavy atom. The van der Waals surface area contributed by atoms with Gasteiger partial charge in [0.05, 0.1) is 0 Å². The highest BCUT2D eigenvalue weighted by molar-refractivity contribution is 5.80. The lowest BCUT2D eigenvalue weighted by atomic mass is 10.2. The van der Waals surface area contributed by atoms with Crippen molar-refractivity contribution in [3.63, 3.8) is 0 Å². The normalized spacial score (nSPS) is 19.9. The number of aliphatic imine (C=N–C) groups is 1. The highest BCUT2D eigenvalue weighted by atomic mass is 15.3. The van der Waals surface area contributed by atoms with E-state index in [0.717, 1.165) is 57.2 Å². The number of unbranched alkanes of at least 4 members (excludes halogenated alkanes) is 1. The van der Waals surface area contributed by atoms with Crippen molar-refractivity contribution in [1.82, 2.24) is 20.5 Å². The van der Waals surface area contributed by atoms with Crippen LogP contribution in [0.4, 0.5) is 5.82 Å². The first-order chi connectivity index (χ1) is 14.2. The summed E-state index contributed by atoms with van der Waals surface area (Å²) >= 11 is 0. The van der Waals surface area contributed by atoms with Gasteiger partial charge in [0.1, 0.15) is 5.82 Å². The number of guanidine groups is 1. The number of aromatic nitrogens is 1. The molecule has 3 rings (SSSR count). The molecule has 0 aliphatic carbocycles. The Hall–Kier alpha value is -2.60. The summed E-state index contributed by atoms with van der Waals surface area (Å²) in [6, 6.07) is 17.6. The molecule has 2 heterocycles. The zero-order chi connectivity index (χ0) is 20.3. The maximum Gasteiger partial charge on any atom is 0.191 e. The Bertz CT molecular complexity index is 734. The highest BCUT2D eigenvalue weighted by Gasteiger charge is 2.29. The van der Waals surface area contributed by atoms with Gasteiger partial charge in [-0.15, -0.1) is 0 Å². The number of anilines is 1. The highest BCUT2D eigenvalue weighted by Crippen LogP contribution is 2.20. The first kappa shape index (κ1) is 21.1. The first-order valence-electron chi connectivity index (χ1n) is 10.6. The second kappa shape index (κ2) is 11.4. The Labute approximate surface area is 174 Å². The molecule has 0 spiro atoms. The van der Waals surface area contributed by atoms with Crippen LogP contribution in [0, 0.1) is 0 Å². The smallest absolute Gasteiger partial charge is 0.191 e. The van der Waals surface area contributed by atoms with Gasteiger partial charge in [0.15, 0.2) is 5.96 Å². The summed E-state index contributed by atoms with van der Waals surface area (Å²) in [7, 11) is 1.85. The van der Waals surface area contributed by atoms with Crippen molar-refractivity contribution in [3.8, 4) is 0 Å². The number of rotatable bonds is 9. The minimum absolute atomic E-state index is 0.436. The standard InChI is InChI=1S/C23H34N6/c1-19-16-21(18-29(19)17-20-10-4-3-5-11-20)28-23(24-2)27-15-9-8-14-26-22-12-6-7-13-25-22/h3-7,10-13,19,21H,8-9,14-18H2,1-2H3,(H,25,26)(H2,24,27,28). The SMILES string of the molecule is CN=C(NCCCCNc1ccccn1)NC1CC(C)N(Cc2ccccc2)C1. The molecule has 1 aliphatic heterocycles. The molecule has 0 bridgehead atoms. The third-order valence-corrected chi connectivity index (χ3v) is 5.36. The van der Waals surface area contributed by atoms with Crippen molar-refractivity contribution >= 4 is 11.8 Å². The summed E-state index contributed by atoms with van der Waals surface area (Å²) in [4.78, 5) is 11.2.